The molecule has 3 nitrogen and oxygen atoms in total. The van der Waals surface area contributed by atoms with Crippen molar-refractivity contribution >= 4 is 5.91 Å². The minimum absolute atomic E-state index is 0.333. The van der Waals surface area contributed by atoms with E-state index in [1.54, 1.807) is 5.48 Å². The quantitative estimate of drug-likeness (QED) is 0.301. The Labute approximate surface area is 153 Å². The third-order valence-corrected chi connectivity index (χ3v) is 3.27. The van der Waals surface area contributed by atoms with Gasteiger partial charge < -0.3 is 0 Å². The largest absolute Gasteiger partial charge is 0.289 e. The molecule has 0 aliphatic heterocycles. The molecule has 1 amide bonds. The van der Waals surface area contributed by atoms with Gasteiger partial charge in [-0.05, 0) is 19.3 Å². The van der Waals surface area contributed by atoms with Crippen LogP contribution in [0.4, 0.5) is 0 Å². The smallest absolute Gasteiger partial charge is 0.243 e. The van der Waals surface area contributed by atoms with Crippen LogP contribution in [0.25, 0.3) is 0 Å². The summed E-state index contributed by atoms with van der Waals surface area (Å²) in [5, 5.41) is 8.33. The van der Waals surface area contributed by atoms with Crippen molar-refractivity contribution < 1.29 is 10.0 Å². The van der Waals surface area contributed by atoms with Crippen molar-refractivity contribution in [2.24, 2.45) is 0 Å². The molecule has 0 aromatic carbocycles. The molecular formula is C22H29NO2. The van der Waals surface area contributed by atoms with Crippen LogP contribution in [0.5, 0.6) is 0 Å². The lowest BCUT2D eigenvalue weighted by molar-refractivity contribution is -0.129. The van der Waals surface area contributed by atoms with Gasteiger partial charge in [0.25, 0.3) is 0 Å². The molecule has 0 unspecified atom stereocenters. The summed E-state index contributed by atoms with van der Waals surface area (Å²) in [5.74, 6) is 23.8. The molecule has 134 valence electrons. The molecule has 0 aliphatic rings. The summed E-state index contributed by atoms with van der Waals surface area (Å²) in [5.41, 5.74) is 1.61. The van der Waals surface area contributed by atoms with E-state index in [2.05, 4.69) is 54.3 Å². The fourth-order valence-electron chi connectivity index (χ4n) is 1.88. The Hall–Kier alpha value is -2.33. The molecular weight excluding hydrogens is 310 g/mol. The van der Waals surface area contributed by atoms with Crippen LogP contribution in [0.3, 0.4) is 0 Å². The molecule has 0 aromatic rings. The van der Waals surface area contributed by atoms with Gasteiger partial charge >= 0.3 is 0 Å². The summed E-state index contributed by atoms with van der Waals surface area (Å²) in [6.45, 7) is 2.21. The molecule has 0 aliphatic carbocycles. The maximum Gasteiger partial charge on any atom is 0.243 e. The molecule has 3 heteroatoms. The second-order valence-corrected chi connectivity index (χ2v) is 5.50. The number of unbranched alkanes of at least 4 members (excludes halogenated alkanes) is 6. The van der Waals surface area contributed by atoms with Gasteiger partial charge in [0.1, 0.15) is 0 Å². The first-order chi connectivity index (χ1) is 12.3. The molecule has 0 heterocycles. The summed E-state index contributed by atoms with van der Waals surface area (Å²) < 4.78 is 0. The SMILES string of the molecule is CCCCCCC#CCC#CCC#CCC#CCCCCC(=O)NO. The van der Waals surface area contributed by atoms with Gasteiger partial charge in [0.2, 0.25) is 5.91 Å². The predicted molar refractivity (Wildman–Crippen MR) is 102 cm³/mol. The summed E-state index contributed by atoms with van der Waals surface area (Å²) >= 11 is 0. The zero-order valence-corrected chi connectivity index (χ0v) is 15.3. The minimum Gasteiger partial charge on any atom is -0.289 e. The van der Waals surface area contributed by atoms with Gasteiger partial charge in [0, 0.05) is 19.3 Å². The molecule has 0 rings (SSSR count). The van der Waals surface area contributed by atoms with Crippen molar-refractivity contribution in [3.63, 3.8) is 0 Å². The summed E-state index contributed by atoms with van der Waals surface area (Å²) in [7, 11) is 0. The number of rotatable bonds is 8. The molecule has 0 spiro atoms. The molecule has 25 heavy (non-hydrogen) atoms. The van der Waals surface area contributed by atoms with Crippen LogP contribution in [-0.2, 0) is 4.79 Å². The highest BCUT2D eigenvalue weighted by Gasteiger charge is 1.96. The number of hydrogen-bond acceptors (Lipinski definition) is 2. The van der Waals surface area contributed by atoms with Crippen molar-refractivity contribution in [1.82, 2.24) is 5.48 Å². The van der Waals surface area contributed by atoms with Crippen molar-refractivity contribution in [3.05, 3.63) is 0 Å². The van der Waals surface area contributed by atoms with E-state index in [9.17, 15) is 4.79 Å². The molecule has 0 saturated heterocycles. The van der Waals surface area contributed by atoms with Gasteiger partial charge in [-0.15, -0.1) is 11.8 Å². The lowest BCUT2D eigenvalue weighted by Gasteiger charge is -1.95. The second-order valence-electron chi connectivity index (χ2n) is 5.50. The maximum atomic E-state index is 10.8. The molecule has 0 aromatic heterocycles. The lowest BCUT2D eigenvalue weighted by atomic mass is 10.1. The molecule has 0 atom stereocenters. The van der Waals surface area contributed by atoms with Crippen LogP contribution in [0.1, 0.15) is 84.0 Å². The molecule has 2 N–H and O–H groups in total. The van der Waals surface area contributed by atoms with Gasteiger partial charge in [-0.1, -0.05) is 61.7 Å². The van der Waals surface area contributed by atoms with Gasteiger partial charge in [-0.25, -0.2) is 5.48 Å². The van der Waals surface area contributed by atoms with Gasteiger partial charge in [-0.3, -0.25) is 10.0 Å². The van der Waals surface area contributed by atoms with E-state index in [4.69, 9.17) is 5.21 Å². The molecule has 0 saturated carbocycles. The van der Waals surface area contributed by atoms with Crippen LogP contribution < -0.4 is 5.48 Å². The summed E-state index contributed by atoms with van der Waals surface area (Å²) in [4.78, 5) is 10.8. The Morgan fingerprint density at radius 3 is 1.68 bits per heavy atom. The topological polar surface area (TPSA) is 49.3 Å². The van der Waals surface area contributed by atoms with E-state index >= 15 is 0 Å². The van der Waals surface area contributed by atoms with Gasteiger partial charge in [0.05, 0.1) is 19.3 Å². The van der Waals surface area contributed by atoms with Crippen molar-refractivity contribution in [3.8, 4) is 47.4 Å². The van der Waals surface area contributed by atoms with E-state index in [0.29, 0.717) is 25.7 Å². The van der Waals surface area contributed by atoms with Crippen LogP contribution in [-0.4, -0.2) is 11.1 Å². The number of carbonyl (C=O) groups excluding carboxylic acids is 1. The first kappa shape index (κ1) is 22.7. The summed E-state index contributed by atoms with van der Waals surface area (Å²) in [6, 6.07) is 0. The zero-order chi connectivity index (χ0) is 18.4. The van der Waals surface area contributed by atoms with E-state index in [-0.39, 0.29) is 5.91 Å². The third-order valence-electron chi connectivity index (χ3n) is 3.27. The molecule has 0 bridgehead atoms. The van der Waals surface area contributed by atoms with E-state index in [1.165, 1.54) is 25.7 Å². The highest BCUT2D eigenvalue weighted by molar-refractivity contribution is 5.74. The third kappa shape index (κ3) is 19.6. The Balaban J connectivity index is 3.56. The number of carbonyl (C=O) groups is 1. The average Bonchev–Trinajstić information content (AvgIpc) is 2.63. The lowest BCUT2D eigenvalue weighted by Crippen LogP contribution is -2.17. The minimum atomic E-state index is -0.349. The zero-order valence-electron chi connectivity index (χ0n) is 15.3. The summed E-state index contributed by atoms with van der Waals surface area (Å²) in [6.07, 6.45) is 10.4. The van der Waals surface area contributed by atoms with Crippen LogP contribution in [0, 0.1) is 47.4 Å². The van der Waals surface area contributed by atoms with E-state index in [0.717, 1.165) is 25.7 Å². The van der Waals surface area contributed by atoms with Gasteiger partial charge in [0.15, 0.2) is 0 Å². The number of nitrogens with one attached hydrogen (secondary N) is 1. The normalized spacial score (nSPS) is 8.40. The van der Waals surface area contributed by atoms with Crippen molar-refractivity contribution in [2.45, 2.75) is 84.0 Å². The van der Waals surface area contributed by atoms with Crippen LogP contribution >= 0.6 is 0 Å². The maximum absolute atomic E-state index is 10.8. The van der Waals surface area contributed by atoms with Gasteiger partial charge in [-0.2, -0.15) is 0 Å². The first-order valence-electron chi connectivity index (χ1n) is 9.07. The Morgan fingerprint density at radius 1 is 0.720 bits per heavy atom. The molecule has 0 fully saturated rings. The number of hydrogen-bond donors (Lipinski definition) is 2. The highest BCUT2D eigenvalue weighted by atomic mass is 16.5. The van der Waals surface area contributed by atoms with Crippen molar-refractivity contribution in [2.75, 3.05) is 0 Å². The van der Waals surface area contributed by atoms with Crippen LogP contribution in [0.15, 0.2) is 0 Å². The first-order valence-corrected chi connectivity index (χ1v) is 9.07. The second kappa shape index (κ2) is 19.7. The Morgan fingerprint density at radius 2 is 1.20 bits per heavy atom. The van der Waals surface area contributed by atoms with Crippen LogP contribution in [0.2, 0.25) is 0 Å². The molecule has 0 radical (unpaired) electrons. The monoisotopic (exact) mass is 339 g/mol. The fourth-order valence-corrected chi connectivity index (χ4v) is 1.88. The standard InChI is InChI=1S/C22H29NO2/c1-2-3-4-5-6-7-8-9-10-11-12-13-14-15-16-17-18-19-20-21-22(24)23-25/h25H,2-6,9,12,15,18-21H2,1H3,(H,23,24). The van der Waals surface area contributed by atoms with E-state index < -0.39 is 0 Å². The van der Waals surface area contributed by atoms with E-state index in [1.807, 2.05) is 0 Å². The average molecular weight is 339 g/mol. The number of hydroxylamine groups is 1. The Bertz CT molecular complexity index is 591. The highest BCUT2D eigenvalue weighted by Crippen LogP contribution is 2.00. The van der Waals surface area contributed by atoms with Crippen molar-refractivity contribution in [1.29, 1.82) is 0 Å². The predicted octanol–water partition coefficient (Wildman–Crippen LogP) is 4.21. The number of amides is 1. The fraction of sp³-hybridized carbons (Fsp3) is 0.591. The Kier molecular flexibility index (Phi) is 17.9.